The number of imide groups is 1. The maximum Gasteiger partial charge on any atom is 0.414 e. The number of hydrogen-bond donors (Lipinski definition) is 1. The van der Waals surface area contributed by atoms with Gasteiger partial charge in [-0.3, -0.25) is 10.1 Å². The predicted octanol–water partition coefficient (Wildman–Crippen LogP) is 4.37. The van der Waals surface area contributed by atoms with E-state index in [9.17, 15) is 9.59 Å². The molecule has 0 aromatic heterocycles. The van der Waals surface area contributed by atoms with Crippen molar-refractivity contribution in [2.45, 2.75) is 5.92 Å². The average Bonchev–Trinajstić information content (AvgIpc) is 3.01. The molecule has 0 radical (unpaired) electrons. The van der Waals surface area contributed by atoms with Crippen LogP contribution in [0, 0.1) is 0 Å². The molecule has 4 heteroatoms. The number of amides is 2. The Morgan fingerprint density at radius 3 is 1.92 bits per heavy atom. The van der Waals surface area contributed by atoms with Gasteiger partial charge in [-0.2, -0.15) is 0 Å². The van der Waals surface area contributed by atoms with E-state index < -0.39 is 12.0 Å². The van der Waals surface area contributed by atoms with Crippen molar-refractivity contribution < 1.29 is 14.3 Å². The number of rotatable bonds is 3. The van der Waals surface area contributed by atoms with Gasteiger partial charge in [0.25, 0.3) is 5.91 Å². The average molecular weight is 343 g/mol. The second-order valence-electron chi connectivity index (χ2n) is 6.15. The van der Waals surface area contributed by atoms with Crippen molar-refractivity contribution in [1.82, 2.24) is 5.32 Å². The summed E-state index contributed by atoms with van der Waals surface area (Å²) in [5.41, 5.74) is 5.02. The summed E-state index contributed by atoms with van der Waals surface area (Å²) < 4.78 is 5.36. The van der Waals surface area contributed by atoms with Gasteiger partial charge in [0.15, 0.2) is 0 Å². The maximum absolute atomic E-state index is 12.1. The van der Waals surface area contributed by atoms with E-state index in [-0.39, 0.29) is 12.5 Å². The Balaban J connectivity index is 1.46. The van der Waals surface area contributed by atoms with Crippen molar-refractivity contribution in [2.24, 2.45) is 0 Å². The molecule has 1 aliphatic rings. The Morgan fingerprint density at radius 1 is 0.769 bits per heavy atom. The van der Waals surface area contributed by atoms with E-state index >= 15 is 0 Å². The summed E-state index contributed by atoms with van der Waals surface area (Å²) in [5, 5.41) is 2.27. The van der Waals surface area contributed by atoms with Crippen LogP contribution in [0.2, 0.25) is 0 Å². The third kappa shape index (κ3) is 2.97. The number of fused-ring (bicyclic) bond motifs is 3. The number of ether oxygens (including phenoxy) is 1. The molecule has 0 heterocycles. The first kappa shape index (κ1) is 16.1. The van der Waals surface area contributed by atoms with Gasteiger partial charge in [-0.05, 0) is 34.4 Å². The molecule has 0 saturated heterocycles. The van der Waals surface area contributed by atoms with Crippen LogP contribution < -0.4 is 5.32 Å². The van der Waals surface area contributed by atoms with Crippen LogP contribution in [0.15, 0.2) is 78.9 Å². The molecule has 4 rings (SSSR count). The minimum Gasteiger partial charge on any atom is -0.448 e. The van der Waals surface area contributed by atoms with E-state index in [1.807, 2.05) is 30.3 Å². The van der Waals surface area contributed by atoms with Crippen LogP contribution in [0.4, 0.5) is 4.79 Å². The summed E-state index contributed by atoms with van der Waals surface area (Å²) in [6.45, 7) is 0.182. The van der Waals surface area contributed by atoms with Crippen molar-refractivity contribution in [3.63, 3.8) is 0 Å². The van der Waals surface area contributed by atoms with Crippen LogP contribution in [-0.4, -0.2) is 18.6 Å². The molecule has 3 aromatic carbocycles. The second-order valence-corrected chi connectivity index (χ2v) is 6.15. The molecule has 0 spiro atoms. The molecule has 128 valence electrons. The van der Waals surface area contributed by atoms with E-state index in [2.05, 4.69) is 29.6 Å². The van der Waals surface area contributed by atoms with Crippen LogP contribution in [0.5, 0.6) is 0 Å². The molecule has 4 nitrogen and oxygen atoms in total. The van der Waals surface area contributed by atoms with E-state index in [0.29, 0.717) is 5.56 Å². The minimum atomic E-state index is -0.735. The zero-order valence-electron chi connectivity index (χ0n) is 14.0. The molecule has 0 fully saturated rings. The fraction of sp³-hybridized carbons (Fsp3) is 0.0909. The van der Waals surface area contributed by atoms with Gasteiger partial charge in [0.2, 0.25) is 0 Å². The van der Waals surface area contributed by atoms with Crippen LogP contribution in [-0.2, 0) is 4.74 Å². The molecule has 1 aliphatic carbocycles. The monoisotopic (exact) mass is 343 g/mol. The van der Waals surface area contributed by atoms with Gasteiger partial charge in [0.1, 0.15) is 6.61 Å². The number of carbonyl (C=O) groups excluding carboxylic acids is 2. The molecule has 26 heavy (non-hydrogen) atoms. The fourth-order valence-electron chi connectivity index (χ4n) is 3.39. The highest BCUT2D eigenvalue weighted by molar-refractivity contribution is 6.02. The quantitative estimate of drug-likeness (QED) is 0.768. The van der Waals surface area contributed by atoms with E-state index in [1.165, 1.54) is 0 Å². The first-order valence-corrected chi connectivity index (χ1v) is 8.45. The lowest BCUT2D eigenvalue weighted by Gasteiger charge is -2.14. The standard InChI is InChI=1S/C22H17NO3/c24-21(15-8-2-1-3-9-15)23-22(25)26-14-20-18-12-6-4-10-16(18)17-11-5-7-13-19(17)20/h1-13,20H,14H2,(H,23,24,25). The van der Waals surface area contributed by atoms with Gasteiger partial charge in [-0.15, -0.1) is 0 Å². The van der Waals surface area contributed by atoms with E-state index in [4.69, 9.17) is 4.74 Å². The summed E-state index contributed by atoms with van der Waals surface area (Å²) >= 11 is 0. The molecule has 1 N–H and O–H groups in total. The highest BCUT2D eigenvalue weighted by Crippen LogP contribution is 2.44. The normalized spacial score (nSPS) is 12.2. The Kier molecular flexibility index (Phi) is 4.23. The topological polar surface area (TPSA) is 55.4 Å². The number of benzene rings is 3. The zero-order chi connectivity index (χ0) is 17.9. The highest BCUT2D eigenvalue weighted by Gasteiger charge is 2.29. The summed E-state index contributed by atoms with van der Waals surface area (Å²) in [5.74, 6) is -0.497. The number of hydrogen-bond acceptors (Lipinski definition) is 3. The molecule has 0 saturated carbocycles. The minimum absolute atomic E-state index is 0.0278. The van der Waals surface area contributed by atoms with Crippen LogP contribution >= 0.6 is 0 Å². The highest BCUT2D eigenvalue weighted by atomic mass is 16.5. The fourth-order valence-corrected chi connectivity index (χ4v) is 3.39. The molecule has 2 amide bonds. The summed E-state index contributed by atoms with van der Waals surface area (Å²) in [6, 6.07) is 24.8. The third-order valence-electron chi connectivity index (χ3n) is 4.60. The number of alkyl carbamates (subject to hydrolysis) is 1. The van der Waals surface area contributed by atoms with Crippen molar-refractivity contribution in [3.05, 3.63) is 95.6 Å². The Hall–Kier alpha value is -3.40. The number of nitrogens with one attached hydrogen (secondary N) is 1. The smallest absolute Gasteiger partial charge is 0.414 e. The van der Waals surface area contributed by atoms with Gasteiger partial charge in [0, 0.05) is 11.5 Å². The van der Waals surface area contributed by atoms with Crippen LogP contribution in [0.1, 0.15) is 27.4 Å². The maximum atomic E-state index is 12.1. The Morgan fingerprint density at radius 2 is 1.31 bits per heavy atom. The third-order valence-corrected chi connectivity index (χ3v) is 4.60. The molecule has 0 bridgehead atoms. The van der Waals surface area contributed by atoms with Crippen molar-refractivity contribution in [2.75, 3.05) is 6.61 Å². The van der Waals surface area contributed by atoms with Gasteiger partial charge < -0.3 is 4.74 Å². The van der Waals surface area contributed by atoms with Gasteiger partial charge in [-0.1, -0.05) is 66.7 Å². The van der Waals surface area contributed by atoms with Gasteiger partial charge in [-0.25, -0.2) is 4.79 Å². The molecule has 0 unspecified atom stereocenters. The molecular formula is C22H17NO3. The number of carbonyl (C=O) groups is 2. The molecule has 0 aliphatic heterocycles. The summed E-state index contributed by atoms with van der Waals surface area (Å²) in [4.78, 5) is 24.1. The lowest BCUT2D eigenvalue weighted by molar-refractivity contribution is 0.0917. The zero-order valence-corrected chi connectivity index (χ0v) is 14.0. The van der Waals surface area contributed by atoms with Crippen molar-refractivity contribution in [1.29, 1.82) is 0 Å². The SMILES string of the molecule is O=C(NC(=O)c1ccccc1)OCC1c2ccccc2-c2ccccc21. The largest absolute Gasteiger partial charge is 0.448 e. The van der Waals surface area contributed by atoms with Crippen molar-refractivity contribution >= 4 is 12.0 Å². The first-order valence-electron chi connectivity index (χ1n) is 8.45. The van der Waals surface area contributed by atoms with Gasteiger partial charge in [0.05, 0.1) is 0 Å². The Labute approximate surface area is 151 Å². The molecule has 0 atom stereocenters. The van der Waals surface area contributed by atoms with E-state index in [1.54, 1.807) is 24.3 Å². The van der Waals surface area contributed by atoms with Gasteiger partial charge >= 0.3 is 6.09 Å². The van der Waals surface area contributed by atoms with Crippen LogP contribution in [0.25, 0.3) is 11.1 Å². The first-order chi connectivity index (χ1) is 12.7. The van der Waals surface area contributed by atoms with Crippen molar-refractivity contribution in [3.8, 4) is 11.1 Å². The summed E-state index contributed by atoms with van der Waals surface area (Å²) in [7, 11) is 0. The van der Waals surface area contributed by atoms with Crippen LogP contribution in [0.3, 0.4) is 0 Å². The lowest BCUT2D eigenvalue weighted by atomic mass is 9.98. The predicted molar refractivity (Wildman–Crippen MR) is 99.0 cm³/mol. The Bertz CT molecular complexity index is 920. The van der Waals surface area contributed by atoms with E-state index in [0.717, 1.165) is 22.3 Å². The molecule has 3 aromatic rings. The lowest BCUT2D eigenvalue weighted by Crippen LogP contribution is -2.32. The summed E-state index contributed by atoms with van der Waals surface area (Å²) in [6.07, 6.45) is -0.735. The molecular weight excluding hydrogens is 326 g/mol. The second kappa shape index (κ2) is 6.84.